The zero-order valence-electron chi connectivity index (χ0n) is 10.0. The van der Waals surface area contributed by atoms with E-state index in [0.29, 0.717) is 6.10 Å². The highest BCUT2D eigenvalue weighted by molar-refractivity contribution is 4.91. The summed E-state index contributed by atoms with van der Waals surface area (Å²) in [5.41, 5.74) is 0.140. The summed E-state index contributed by atoms with van der Waals surface area (Å²) in [7, 11) is 0. The Bertz CT molecular complexity index is 209. The van der Waals surface area contributed by atoms with Crippen molar-refractivity contribution in [2.75, 3.05) is 0 Å². The molecule has 0 bridgehead atoms. The van der Waals surface area contributed by atoms with E-state index in [4.69, 9.17) is 4.74 Å². The molecule has 4 atom stereocenters. The Morgan fingerprint density at radius 1 is 1.07 bits per heavy atom. The summed E-state index contributed by atoms with van der Waals surface area (Å²) < 4.78 is 6.20. The van der Waals surface area contributed by atoms with E-state index < -0.39 is 0 Å². The van der Waals surface area contributed by atoms with E-state index in [1.165, 1.54) is 25.7 Å². The molecule has 2 aliphatic rings. The molecule has 82 valence electrons. The van der Waals surface area contributed by atoms with E-state index in [-0.39, 0.29) is 5.60 Å². The van der Waals surface area contributed by atoms with Crippen LogP contribution in [0.1, 0.15) is 53.4 Å². The maximum absolute atomic E-state index is 6.20. The highest BCUT2D eigenvalue weighted by Gasteiger charge is 2.41. The average Bonchev–Trinajstić information content (AvgIpc) is 2.10. The summed E-state index contributed by atoms with van der Waals surface area (Å²) in [6, 6.07) is 0. The fourth-order valence-electron chi connectivity index (χ4n) is 3.24. The molecular weight excluding hydrogens is 172 g/mol. The minimum absolute atomic E-state index is 0.140. The van der Waals surface area contributed by atoms with Gasteiger partial charge in [0.25, 0.3) is 0 Å². The van der Waals surface area contributed by atoms with Crippen LogP contribution in [-0.2, 0) is 4.74 Å². The van der Waals surface area contributed by atoms with Crippen LogP contribution in [0.4, 0.5) is 0 Å². The van der Waals surface area contributed by atoms with Gasteiger partial charge in [-0.05, 0) is 57.3 Å². The first-order chi connectivity index (χ1) is 6.49. The second kappa shape index (κ2) is 3.52. The largest absolute Gasteiger partial charge is 0.372 e. The Hall–Kier alpha value is -0.0400. The van der Waals surface area contributed by atoms with E-state index in [1.807, 2.05) is 0 Å². The summed E-state index contributed by atoms with van der Waals surface area (Å²) in [6.07, 6.45) is 5.83. The Kier molecular flexibility index (Phi) is 2.63. The van der Waals surface area contributed by atoms with Crippen molar-refractivity contribution in [2.45, 2.75) is 65.1 Å². The number of hydrogen-bond donors (Lipinski definition) is 0. The van der Waals surface area contributed by atoms with Gasteiger partial charge < -0.3 is 4.74 Å². The molecular formula is C13H24O. The van der Waals surface area contributed by atoms with Gasteiger partial charge >= 0.3 is 0 Å². The fraction of sp³-hybridized carbons (Fsp3) is 1.00. The van der Waals surface area contributed by atoms with Crippen LogP contribution in [0.3, 0.4) is 0 Å². The lowest BCUT2D eigenvalue weighted by molar-refractivity contribution is -0.164. The van der Waals surface area contributed by atoms with Crippen molar-refractivity contribution in [1.82, 2.24) is 0 Å². The van der Waals surface area contributed by atoms with Crippen molar-refractivity contribution in [1.29, 1.82) is 0 Å². The van der Waals surface area contributed by atoms with E-state index in [9.17, 15) is 0 Å². The first-order valence-electron chi connectivity index (χ1n) is 6.17. The van der Waals surface area contributed by atoms with Crippen LogP contribution in [0.25, 0.3) is 0 Å². The van der Waals surface area contributed by atoms with Gasteiger partial charge in [-0.3, -0.25) is 0 Å². The molecule has 0 aromatic carbocycles. The van der Waals surface area contributed by atoms with Crippen molar-refractivity contribution in [3.8, 4) is 0 Å². The SMILES string of the molecule is CC1CCC2OC(C)(C)CCC2C1C. The van der Waals surface area contributed by atoms with Gasteiger partial charge in [-0.15, -0.1) is 0 Å². The maximum Gasteiger partial charge on any atom is 0.0630 e. The minimum atomic E-state index is 0.140. The molecule has 0 spiro atoms. The summed E-state index contributed by atoms with van der Waals surface area (Å²) in [6.45, 7) is 9.31. The lowest BCUT2D eigenvalue weighted by atomic mass is 9.68. The standard InChI is InChI=1S/C13H24O/c1-9-5-6-12-11(10(9)2)7-8-13(3,4)14-12/h9-12H,5-8H2,1-4H3. The topological polar surface area (TPSA) is 9.23 Å². The van der Waals surface area contributed by atoms with Crippen molar-refractivity contribution in [3.05, 3.63) is 0 Å². The molecule has 1 saturated heterocycles. The molecule has 1 aliphatic heterocycles. The van der Waals surface area contributed by atoms with Crippen LogP contribution in [0.5, 0.6) is 0 Å². The molecule has 0 amide bonds. The van der Waals surface area contributed by atoms with E-state index >= 15 is 0 Å². The van der Waals surface area contributed by atoms with Gasteiger partial charge in [-0.25, -0.2) is 0 Å². The van der Waals surface area contributed by atoms with Crippen LogP contribution >= 0.6 is 0 Å². The Morgan fingerprint density at radius 2 is 1.79 bits per heavy atom. The normalized spacial score (nSPS) is 47.1. The predicted molar refractivity (Wildman–Crippen MR) is 59.2 cm³/mol. The molecule has 4 unspecified atom stereocenters. The van der Waals surface area contributed by atoms with Crippen molar-refractivity contribution in [3.63, 3.8) is 0 Å². The smallest absolute Gasteiger partial charge is 0.0630 e. The van der Waals surface area contributed by atoms with Crippen molar-refractivity contribution in [2.24, 2.45) is 17.8 Å². The van der Waals surface area contributed by atoms with Gasteiger partial charge in [-0.1, -0.05) is 13.8 Å². The molecule has 1 aliphatic carbocycles. The van der Waals surface area contributed by atoms with Gasteiger partial charge in [0.05, 0.1) is 11.7 Å². The molecule has 1 nitrogen and oxygen atoms in total. The first kappa shape index (κ1) is 10.5. The molecule has 0 radical (unpaired) electrons. The van der Waals surface area contributed by atoms with Crippen LogP contribution in [0, 0.1) is 17.8 Å². The Balaban J connectivity index is 2.06. The second-order valence-corrected chi connectivity index (χ2v) is 6.03. The number of rotatable bonds is 0. The van der Waals surface area contributed by atoms with Crippen LogP contribution in [0.15, 0.2) is 0 Å². The molecule has 2 rings (SSSR count). The van der Waals surface area contributed by atoms with Crippen LogP contribution in [0.2, 0.25) is 0 Å². The predicted octanol–water partition coefficient (Wildman–Crippen LogP) is 3.63. The monoisotopic (exact) mass is 196 g/mol. The summed E-state index contributed by atoms with van der Waals surface area (Å²) in [5, 5.41) is 0. The summed E-state index contributed by atoms with van der Waals surface area (Å²) in [4.78, 5) is 0. The van der Waals surface area contributed by atoms with Crippen molar-refractivity contribution >= 4 is 0 Å². The lowest BCUT2D eigenvalue weighted by Gasteiger charge is -2.48. The summed E-state index contributed by atoms with van der Waals surface area (Å²) >= 11 is 0. The molecule has 0 aromatic rings. The van der Waals surface area contributed by atoms with E-state index in [0.717, 1.165) is 17.8 Å². The molecule has 1 heterocycles. The Labute approximate surface area is 88.2 Å². The molecule has 1 heteroatoms. The van der Waals surface area contributed by atoms with E-state index in [1.54, 1.807) is 0 Å². The van der Waals surface area contributed by atoms with Crippen LogP contribution in [-0.4, -0.2) is 11.7 Å². The molecule has 0 aromatic heterocycles. The van der Waals surface area contributed by atoms with Gasteiger partial charge in [0.15, 0.2) is 0 Å². The number of fused-ring (bicyclic) bond motifs is 1. The summed E-state index contributed by atoms with van der Waals surface area (Å²) in [5.74, 6) is 2.61. The van der Waals surface area contributed by atoms with Gasteiger partial charge in [0.2, 0.25) is 0 Å². The second-order valence-electron chi connectivity index (χ2n) is 6.03. The third-order valence-corrected chi connectivity index (χ3v) is 4.51. The fourth-order valence-corrected chi connectivity index (χ4v) is 3.24. The zero-order chi connectivity index (χ0) is 10.3. The third kappa shape index (κ3) is 1.84. The quantitative estimate of drug-likeness (QED) is 0.575. The zero-order valence-corrected chi connectivity index (χ0v) is 10.0. The van der Waals surface area contributed by atoms with Gasteiger partial charge in [-0.2, -0.15) is 0 Å². The average molecular weight is 196 g/mol. The van der Waals surface area contributed by atoms with Gasteiger partial charge in [0, 0.05) is 0 Å². The molecule has 2 fully saturated rings. The Morgan fingerprint density at radius 3 is 2.50 bits per heavy atom. The highest BCUT2D eigenvalue weighted by atomic mass is 16.5. The highest BCUT2D eigenvalue weighted by Crippen LogP contribution is 2.44. The van der Waals surface area contributed by atoms with Crippen LogP contribution < -0.4 is 0 Å². The minimum Gasteiger partial charge on any atom is -0.372 e. The lowest BCUT2D eigenvalue weighted by Crippen LogP contribution is -2.46. The maximum atomic E-state index is 6.20. The third-order valence-electron chi connectivity index (χ3n) is 4.51. The van der Waals surface area contributed by atoms with Gasteiger partial charge in [0.1, 0.15) is 0 Å². The number of ether oxygens (including phenoxy) is 1. The number of hydrogen-bond acceptors (Lipinski definition) is 1. The van der Waals surface area contributed by atoms with Crippen molar-refractivity contribution < 1.29 is 4.74 Å². The van der Waals surface area contributed by atoms with E-state index in [2.05, 4.69) is 27.7 Å². The first-order valence-corrected chi connectivity index (χ1v) is 6.17. The molecule has 14 heavy (non-hydrogen) atoms. The molecule has 0 N–H and O–H groups in total. The molecule has 1 saturated carbocycles.